The Morgan fingerprint density at radius 1 is 1.38 bits per heavy atom. The van der Waals surface area contributed by atoms with Crippen molar-refractivity contribution in [3.8, 4) is 11.3 Å². The summed E-state index contributed by atoms with van der Waals surface area (Å²) in [5.74, 6) is 0.364. The number of anilines is 1. The molecule has 3 rings (SSSR count). The van der Waals surface area contributed by atoms with E-state index in [0.29, 0.717) is 5.92 Å². The average Bonchev–Trinajstić information content (AvgIpc) is 3.08. The molecule has 110 valence electrons. The Kier molecular flexibility index (Phi) is 3.16. The van der Waals surface area contributed by atoms with Crippen LogP contribution >= 0.6 is 0 Å². The minimum absolute atomic E-state index is 0.364. The Labute approximate surface area is 123 Å². The highest BCUT2D eigenvalue weighted by atomic mass is 15.3. The van der Waals surface area contributed by atoms with Gasteiger partial charge in [0.1, 0.15) is 11.8 Å². The molecule has 1 unspecified atom stereocenters. The van der Waals surface area contributed by atoms with Gasteiger partial charge in [-0.3, -0.25) is 4.68 Å². The Balaban J connectivity index is 2.25. The molecule has 6 heteroatoms. The van der Waals surface area contributed by atoms with Crippen molar-refractivity contribution in [1.82, 2.24) is 24.4 Å². The van der Waals surface area contributed by atoms with Gasteiger partial charge in [-0.1, -0.05) is 13.8 Å². The Hall–Kier alpha value is -2.37. The van der Waals surface area contributed by atoms with E-state index in [9.17, 15) is 0 Å². The molecule has 0 fully saturated rings. The van der Waals surface area contributed by atoms with E-state index in [1.807, 2.05) is 20.2 Å². The van der Waals surface area contributed by atoms with Gasteiger partial charge in [0, 0.05) is 30.3 Å². The van der Waals surface area contributed by atoms with Crippen molar-refractivity contribution >= 4 is 11.2 Å². The number of fused-ring (bicyclic) bond motifs is 1. The van der Waals surface area contributed by atoms with Crippen LogP contribution in [-0.2, 0) is 7.05 Å². The van der Waals surface area contributed by atoms with Crippen molar-refractivity contribution in [2.24, 2.45) is 7.05 Å². The zero-order valence-electron chi connectivity index (χ0n) is 12.8. The van der Waals surface area contributed by atoms with Gasteiger partial charge in [-0.05, 0) is 13.3 Å². The van der Waals surface area contributed by atoms with E-state index in [-0.39, 0.29) is 0 Å². The highest BCUT2D eigenvalue weighted by Crippen LogP contribution is 2.32. The van der Waals surface area contributed by atoms with Crippen LogP contribution in [0.4, 0.5) is 5.69 Å². The van der Waals surface area contributed by atoms with Crippen LogP contribution in [0.25, 0.3) is 16.8 Å². The first-order valence-electron chi connectivity index (χ1n) is 7.15. The molecule has 3 aromatic rings. The second-order valence-corrected chi connectivity index (χ2v) is 5.52. The molecule has 0 aliphatic carbocycles. The van der Waals surface area contributed by atoms with Crippen LogP contribution in [0.5, 0.6) is 0 Å². The van der Waals surface area contributed by atoms with Gasteiger partial charge >= 0.3 is 0 Å². The van der Waals surface area contributed by atoms with Gasteiger partial charge in [-0.15, -0.1) is 0 Å². The van der Waals surface area contributed by atoms with Gasteiger partial charge in [-0.25, -0.2) is 9.50 Å². The highest BCUT2D eigenvalue weighted by molar-refractivity contribution is 5.81. The molecule has 0 amide bonds. The molecule has 21 heavy (non-hydrogen) atoms. The summed E-state index contributed by atoms with van der Waals surface area (Å²) >= 11 is 0. The summed E-state index contributed by atoms with van der Waals surface area (Å²) in [5.41, 5.74) is 11.8. The summed E-state index contributed by atoms with van der Waals surface area (Å²) in [6.45, 7) is 6.31. The van der Waals surface area contributed by atoms with Crippen LogP contribution in [-0.4, -0.2) is 24.4 Å². The molecule has 0 bridgehead atoms. The number of hydrogen-bond acceptors (Lipinski definition) is 4. The topological polar surface area (TPSA) is 74.0 Å². The average molecular weight is 284 g/mol. The van der Waals surface area contributed by atoms with Crippen molar-refractivity contribution in [1.29, 1.82) is 0 Å². The molecule has 0 saturated carbocycles. The van der Waals surface area contributed by atoms with Crippen LogP contribution in [0, 0.1) is 6.92 Å². The number of aryl methyl sites for hydroxylation is 1. The van der Waals surface area contributed by atoms with E-state index in [2.05, 4.69) is 29.0 Å². The fourth-order valence-electron chi connectivity index (χ4n) is 2.55. The summed E-state index contributed by atoms with van der Waals surface area (Å²) in [6.07, 6.45) is 6.50. The predicted molar refractivity (Wildman–Crippen MR) is 83.0 cm³/mol. The van der Waals surface area contributed by atoms with E-state index >= 15 is 0 Å². The lowest BCUT2D eigenvalue weighted by Crippen LogP contribution is -2.04. The molecule has 0 radical (unpaired) electrons. The van der Waals surface area contributed by atoms with Crippen LogP contribution in [0.3, 0.4) is 0 Å². The normalized spacial score (nSPS) is 13.0. The van der Waals surface area contributed by atoms with Crippen LogP contribution in [0.15, 0.2) is 18.7 Å². The minimum atomic E-state index is 0.364. The number of nitrogens with two attached hydrogens (primary N) is 1. The molecule has 0 saturated heterocycles. The van der Waals surface area contributed by atoms with E-state index < -0.39 is 0 Å². The lowest BCUT2D eigenvalue weighted by molar-refractivity contribution is 0.719. The fraction of sp³-hybridized carbons (Fsp3) is 0.400. The third-order valence-electron chi connectivity index (χ3n) is 4.06. The lowest BCUT2D eigenvalue weighted by atomic mass is 10.0. The summed E-state index contributed by atoms with van der Waals surface area (Å²) in [7, 11) is 1.89. The number of imidazole rings is 1. The van der Waals surface area contributed by atoms with E-state index in [1.54, 1.807) is 21.7 Å². The number of nitrogens with zero attached hydrogens (tertiary/aromatic N) is 5. The smallest absolute Gasteiger partial charge is 0.118 e. The van der Waals surface area contributed by atoms with Crippen LogP contribution < -0.4 is 5.73 Å². The largest absolute Gasteiger partial charge is 0.397 e. The van der Waals surface area contributed by atoms with Crippen LogP contribution in [0.1, 0.15) is 37.4 Å². The first-order chi connectivity index (χ1) is 10.0. The third-order valence-corrected chi connectivity index (χ3v) is 4.06. The quantitative estimate of drug-likeness (QED) is 0.802. The zero-order valence-corrected chi connectivity index (χ0v) is 12.8. The van der Waals surface area contributed by atoms with Crippen molar-refractivity contribution in [2.75, 3.05) is 5.73 Å². The molecule has 3 aromatic heterocycles. The molecule has 1 atom stereocenters. The fourth-order valence-corrected chi connectivity index (χ4v) is 2.55. The first kappa shape index (κ1) is 13.6. The van der Waals surface area contributed by atoms with Gasteiger partial charge in [-0.2, -0.15) is 10.2 Å². The summed E-state index contributed by atoms with van der Waals surface area (Å²) < 4.78 is 3.54. The molecule has 0 aliphatic rings. The second-order valence-electron chi connectivity index (χ2n) is 5.52. The maximum Gasteiger partial charge on any atom is 0.118 e. The first-order valence-corrected chi connectivity index (χ1v) is 7.15. The Bertz CT molecular complexity index is 798. The Morgan fingerprint density at radius 2 is 2.14 bits per heavy atom. The van der Waals surface area contributed by atoms with Crippen molar-refractivity contribution in [3.05, 3.63) is 30.0 Å². The summed E-state index contributed by atoms with van der Waals surface area (Å²) in [6, 6.07) is 0. The van der Waals surface area contributed by atoms with Gasteiger partial charge in [0.2, 0.25) is 0 Å². The molecule has 0 aliphatic heterocycles. The third kappa shape index (κ3) is 2.07. The number of hydrogen-bond donors (Lipinski definition) is 1. The standard InChI is InChI=1S/C15H20N6/c1-5-9(2)13-15-12(16)10(3)14(19-21(15)8-17-13)11-6-18-20(4)7-11/h6-9H,5,16H2,1-4H3. The summed E-state index contributed by atoms with van der Waals surface area (Å²) in [4.78, 5) is 4.51. The van der Waals surface area contributed by atoms with E-state index in [0.717, 1.165) is 40.1 Å². The maximum atomic E-state index is 6.37. The predicted octanol–water partition coefficient (Wildman–Crippen LogP) is 2.53. The van der Waals surface area contributed by atoms with Crippen molar-refractivity contribution in [3.63, 3.8) is 0 Å². The van der Waals surface area contributed by atoms with E-state index in [4.69, 9.17) is 5.73 Å². The molecular weight excluding hydrogens is 264 g/mol. The van der Waals surface area contributed by atoms with E-state index in [1.165, 1.54) is 0 Å². The van der Waals surface area contributed by atoms with Gasteiger partial charge < -0.3 is 5.73 Å². The van der Waals surface area contributed by atoms with Crippen molar-refractivity contribution < 1.29 is 0 Å². The SMILES string of the molecule is CCC(C)c1ncn2nc(-c3cnn(C)c3)c(C)c(N)c12. The summed E-state index contributed by atoms with van der Waals surface area (Å²) in [5, 5.41) is 8.88. The number of nitrogen functional groups attached to an aromatic ring is 1. The lowest BCUT2D eigenvalue weighted by Gasteiger charge is -2.11. The molecule has 0 aromatic carbocycles. The van der Waals surface area contributed by atoms with Crippen LogP contribution in [0.2, 0.25) is 0 Å². The number of aromatic nitrogens is 5. The van der Waals surface area contributed by atoms with Gasteiger partial charge in [0.05, 0.1) is 23.3 Å². The van der Waals surface area contributed by atoms with Gasteiger partial charge in [0.25, 0.3) is 0 Å². The highest BCUT2D eigenvalue weighted by Gasteiger charge is 2.18. The zero-order chi connectivity index (χ0) is 15.1. The Morgan fingerprint density at radius 3 is 2.76 bits per heavy atom. The van der Waals surface area contributed by atoms with Crippen molar-refractivity contribution in [2.45, 2.75) is 33.1 Å². The molecule has 6 nitrogen and oxygen atoms in total. The van der Waals surface area contributed by atoms with Gasteiger partial charge in [0.15, 0.2) is 0 Å². The molecular formula is C15H20N6. The molecule has 3 heterocycles. The second kappa shape index (κ2) is 4.87. The minimum Gasteiger partial charge on any atom is -0.397 e. The monoisotopic (exact) mass is 284 g/mol. The number of rotatable bonds is 3. The molecule has 0 spiro atoms. The molecule has 2 N–H and O–H groups in total. The maximum absolute atomic E-state index is 6.37.